The number of hydrogen-bond donors (Lipinski definition) is 0. The third kappa shape index (κ3) is 2.73. The Hall–Kier alpha value is 1.01. The Morgan fingerprint density at radius 1 is 0.696 bits per heavy atom. The molecule has 0 atom stereocenters. The van der Waals surface area contributed by atoms with E-state index in [0.717, 1.165) is 0 Å². The Bertz CT molecular complexity index is 739. The van der Waals surface area contributed by atoms with Crippen molar-refractivity contribution in [3.05, 3.63) is 7.57 Å². The molecule has 2 aromatic rings. The molecule has 3 heterocycles. The van der Waals surface area contributed by atoms with Crippen molar-refractivity contribution < 1.29 is 0 Å². The minimum absolute atomic E-state index is 1.36. The molecule has 1 aliphatic heterocycles. The van der Waals surface area contributed by atoms with Crippen molar-refractivity contribution in [3.63, 3.8) is 0 Å². The summed E-state index contributed by atoms with van der Waals surface area (Å²) in [6, 6.07) is 0. The Kier molecular flexibility index (Phi) is 4.50. The second-order valence-electron chi connectivity index (χ2n) is 9.03. The maximum absolute atomic E-state index is 3.92. The van der Waals surface area contributed by atoms with Crippen molar-refractivity contribution in [1.29, 1.82) is 0 Å². The summed E-state index contributed by atoms with van der Waals surface area (Å²) < 4.78 is 2.82. The highest BCUT2D eigenvalue weighted by Crippen LogP contribution is 2.42. The summed E-state index contributed by atoms with van der Waals surface area (Å²) in [6.45, 7) is 20.1. The van der Waals surface area contributed by atoms with E-state index in [-0.39, 0.29) is 0 Å². The molecule has 0 aliphatic carbocycles. The van der Waals surface area contributed by atoms with Crippen molar-refractivity contribution in [2.75, 3.05) is 0 Å². The van der Waals surface area contributed by atoms with Crippen LogP contribution >= 0.6 is 54.5 Å². The van der Waals surface area contributed by atoms with E-state index in [4.69, 9.17) is 0 Å². The Labute approximate surface area is 168 Å². The molecule has 0 saturated heterocycles. The van der Waals surface area contributed by atoms with Gasteiger partial charge in [-0.05, 0) is 52.6 Å². The standard InChI is InChI=1S/C16H24Br2S2Si3/c1-21(2,3)13-11-9(19-15(13)17)10-12(23(11,7)8)14(16(18)20-10)22(4,5)6/h1-8H3. The molecule has 0 aromatic carbocycles. The summed E-state index contributed by atoms with van der Waals surface area (Å²) >= 11 is 11.8. The molecular weight excluding hydrogens is 500 g/mol. The number of thiophene rings is 2. The van der Waals surface area contributed by atoms with Gasteiger partial charge < -0.3 is 0 Å². The normalized spacial score (nSPS) is 16.6. The van der Waals surface area contributed by atoms with Crippen LogP contribution < -0.4 is 20.7 Å². The smallest absolute Gasteiger partial charge is 0.115 e. The van der Waals surface area contributed by atoms with Crippen LogP contribution in [0.4, 0.5) is 0 Å². The molecule has 0 nitrogen and oxygen atoms in total. The maximum atomic E-state index is 3.92. The fourth-order valence-corrected chi connectivity index (χ4v) is 25.6. The molecule has 1 aliphatic rings. The van der Waals surface area contributed by atoms with Crippen LogP contribution in [0.25, 0.3) is 9.75 Å². The second-order valence-corrected chi connectivity index (χ2v) is 28.0. The van der Waals surface area contributed by atoms with Crippen LogP contribution in [0, 0.1) is 0 Å². The third-order valence-corrected chi connectivity index (χ3v) is 18.0. The molecule has 0 N–H and O–H groups in total. The lowest BCUT2D eigenvalue weighted by Crippen LogP contribution is -2.64. The molecule has 0 unspecified atom stereocenters. The summed E-state index contributed by atoms with van der Waals surface area (Å²) in [5.41, 5.74) is 0. The highest BCUT2D eigenvalue weighted by molar-refractivity contribution is 9.11. The molecular formula is C16H24Br2S2Si3. The molecule has 23 heavy (non-hydrogen) atoms. The van der Waals surface area contributed by atoms with Gasteiger partial charge in [0.15, 0.2) is 0 Å². The van der Waals surface area contributed by atoms with Crippen molar-refractivity contribution >= 4 is 99.5 Å². The molecule has 3 rings (SSSR count). The molecule has 0 fully saturated rings. The maximum Gasteiger partial charge on any atom is 0.115 e. The van der Waals surface area contributed by atoms with Crippen LogP contribution in [-0.4, -0.2) is 24.2 Å². The van der Waals surface area contributed by atoms with E-state index in [1.165, 1.54) is 7.57 Å². The van der Waals surface area contributed by atoms with E-state index in [1.807, 2.05) is 22.7 Å². The summed E-state index contributed by atoms with van der Waals surface area (Å²) in [5.74, 6) is 0. The average Bonchev–Trinajstić information content (AvgIpc) is 2.89. The van der Waals surface area contributed by atoms with Crippen LogP contribution in [0.1, 0.15) is 0 Å². The molecule has 2 aromatic heterocycles. The fourth-order valence-electron chi connectivity index (χ4n) is 3.78. The largest absolute Gasteiger partial charge is 0.128 e. The van der Waals surface area contributed by atoms with Gasteiger partial charge in [-0.25, -0.2) is 0 Å². The fraction of sp³-hybridized carbons (Fsp3) is 0.500. The predicted octanol–water partition coefficient (Wildman–Crippen LogP) is 5.23. The van der Waals surface area contributed by atoms with Gasteiger partial charge in [0, 0.05) is 9.75 Å². The van der Waals surface area contributed by atoms with Crippen molar-refractivity contribution in [2.24, 2.45) is 0 Å². The monoisotopic (exact) mass is 522 g/mol. The van der Waals surface area contributed by atoms with E-state index in [0.29, 0.717) is 0 Å². The number of halogens is 2. The highest BCUT2D eigenvalue weighted by atomic mass is 79.9. The third-order valence-electron chi connectivity index (χ3n) is 4.69. The van der Waals surface area contributed by atoms with Crippen LogP contribution in [0.5, 0.6) is 0 Å². The number of hydrogen-bond acceptors (Lipinski definition) is 2. The lowest BCUT2D eigenvalue weighted by Gasteiger charge is -2.29. The molecule has 126 valence electrons. The van der Waals surface area contributed by atoms with Crippen LogP contribution in [0.15, 0.2) is 7.57 Å². The quantitative estimate of drug-likeness (QED) is 0.473. The first-order chi connectivity index (χ1) is 10.3. The summed E-state index contributed by atoms with van der Waals surface area (Å²) in [7, 11) is -4.33. The Morgan fingerprint density at radius 3 is 1.26 bits per heavy atom. The van der Waals surface area contributed by atoms with Gasteiger partial charge in [0.25, 0.3) is 0 Å². The Morgan fingerprint density at radius 2 is 1.00 bits per heavy atom. The predicted molar refractivity (Wildman–Crippen MR) is 126 cm³/mol. The second kappa shape index (κ2) is 5.50. The van der Waals surface area contributed by atoms with Gasteiger partial charge in [-0.3, -0.25) is 0 Å². The van der Waals surface area contributed by atoms with Gasteiger partial charge in [-0.2, -0.15) is 0 Å². The van der Waals surface area contributed by atoms with Gasteiger partial charge in [0.1, 0.15) is 8.07 Å². The van der Waals surface area contributed by atoms with E-state index < -0.39 is 24.2 Å². The van der Waals surface area contributed by atoms with E-state index in [9.17, 15) is 0 Å². The molecule has 0 amide bonds. The van der Waals surface area contributed by atoms with Gasteiger partial charge in [-0.1, -0.05) is 52.4 Å². The molecule has 0 bridgehead atoms. The molecule has 7 heteroatoms. The highest BCUT2D eigenvalue weighted by Gasteiger charge is 2.48. The average molecular weight is 525 g/mol. The van der Waals surface area contributed by atoms with Gasteiger partial charge in [-0.15, -0.1) is 22.7 Å². The van der Waals surface area contributed by atoms with E-state index >= 15 is 0 Å². The summed E-state index contributed by atoms with van der Waals surface area (Å²) in [6.07, 6.45) is 0. The first kappa shape index (κ1) is 18.8. The Balaban J connectivity index is 2.40. The number of rotatable bonds is 2. The van der Waals surface area contributed by atoms with Crippen LogP contribution in [-0.2, 0) is 0 Å². The van der Waals surface area contributed by atoms with E-state index in [2.05, 4.69) is 84.2 Å². The van der Waals surface area contributed by atoms with Crippen LogP contribution in [0.2, 0.25) is 52.4 Å². The SMILES string of the molecule is C[Si](C)(C)c1c(Br)sc2c1[Si](C)(C)c1c-2sc(Br)c1[Si](C)(C)C. The van der Waals surface area contributed by atoms with Gasteiger partial charge >= 0.3 is 0 Å². The minimum Gasteiger partial charge on any atom is -0.128 e. The minimum atomic E-state index is -1.62. The molecule has 0 radical (unpaired) electrons. The van der Waals surface area contributed by atoms with Gasteiger partial charge in [0.2, 0.25) is 0 Å². The lowest BCUT2D eigenvalue weighted by molar-refractivity contribution is 1.74. The van der Waals surface area contributed by atoms with Crippen molar-refractivity contribution in [2.45, 2.75) is 52.4 Å². The zero-order valence-electron chi connectivity index (χ0n) is 15.1. The number of fused-ring (bicyclic) bond motifs is 3. The summed E-state index contributed by atoms with van der Waals surface area (Å²) in [4.78, 5) is 3.19. The molecule has 0 spiro atoms. The molecule has 0 saturated carbocycles. The first-order valence-corrected chi connectivity index (χ1v) is 21.2. The van der Waals surface area contributed by atoms with Crippen molar-refractivity contribution in [1.82, 2.24) is 0 Å². The van der Waals surface area contributed by atoms with E-state index in [1.54, 1.807) is 30.5 Å². The summed E-state index contributed by atoms with van der Waals surface area (Å²) in [5, 5.41) is 6.94. The van der Waals surface area contributed by atoms with Gasteiger partial charge in [0.05, 0.1) is 23.7 Å². The zero-order chi connectivity index (χ0) is 17.5. The van der Waals surface area contributed by atoms with Crippen LogP contribution in [0.3, 0.4) is 0 Å². The topological polar surface area (TPSA) is 0 Å². The first-order valence-electron chi connectivity index (χ1n) is 7.94. The lowest BCUT2D eigenvalue weighted by atomic mass is 10.4. The van der Waals surface area contributed by atoms with Crippen molar-refractivity contribution in [3.8, 4) is 9.75 Å². The zero-order valence-corrected chi connectivity index (χ0v) is 22.9.